The molecule has 0 saturated carbocycles. The number of carbonyl (C=O) groups is 1. The minimum absolute atomic E-state index is 0.0376. The van der Waals surface area contributed by atoms with Crippen LogP contribution in [0.5, 0.6) is 0 Å². The average Bonchev–Trinajstić information content (AvgIpc) is 2.21. The smallest absolute Gasteiger partial charge is 0.303 e. The molecule has 5 heteroatoms. The molecule has 3 N–H and O–H groups in total. The van der Waals surface area contributed by atoms with E-state index in [1.807, 2.05) is 0 Å². The van der Waals surface area contributed by atoms with Crippen LogP contribution in [-0.2, 0) is 4.79 Å². The Kier molecular flexibility index (Phi) is 4.71. The van der Waals surface area contributed by atoms with Crippen molar-refractivity contribution in [2.75, 3.05) is 0 Å². The van der Waals surface area contributed by atoms with E-state index in [9.17, 15) is 9.18 Å². The number of benzene rings is 1. The molecule has 0 aliphatic heterocycles. The van der Waals surface area contributed by atoms with E-state index in [-0.39, 0.29) is 6.42 Å². The summed E-state index contributed by atoms with van der Waals surface area (Å²) in [5.74, 6) is -1.29. The lowest BCUT2D eigenvalue weighted by atomic mass is 10.0. The van der Waals surface area contributed by atoms with Crippen molar-refractivity contribution in [3.63, 3.8) is 0 Å². The third-order valence-corrected chi connectivity index (χ3v) is 2.50. The maximum absolute atomic E-state index is 13.4. The van der Waals surface area contributed by atoms with Gasteiger partial charge in [0.15, 0.2) is 0 Å². The van der Waals surface area contributed by atoms with Crippen LogP contribution >= 0.6 is 11.6 Å². The molecule has 0 aromatic heterocycles. The molecule has 0 bridgehead atoms. The summed E-state index contributed by atoms with van der Waals surface area (Å²) in [6, 6.07) is 3.67. The summed E-state index contributed by atoms with van der Waals surface area (Å²) >= 11 is 5.73. The predicted octanol–water partition coefficient (Wildman–Crippen LogP) is 2.73. The third kappa shape index (κ3) is 3.79. The maximum atomic E-state index is 13.4. The molecule has 16 heavy (non-hydrogen) atoms. The molecular formula is C11H13ClFNO2. The van der Waals surface area contributed by atoms with Crippen molar-refractivity contribution in [3.05, 3.63) is 34.6 Å². The van der Waals surface area contributed by atoms with Crippen LogP contribution in [0.4, 0.5) is 4.39 Å². The highest BCUT2D eigenvalue weighted by molar-refractivity contribution is 6.30. The molecule has 1 aromatic rings. The maximum Gasteiger partial charge on any atom is 0.303 e. The molecule has 0 saturated heterocycles. The molecular weight excluding hydrogens is 233 g/mol. The van der Waals surface area contributed by atoms with Gasteiger partial charge in [-0.25, -0.2) is 4.39 Å². The van der Waals surface area contributed by atoms with Crippen molar-refractivity contribution < 1.29 is 14.3 Å². The van der Waals surface area contributed by atoms with Gasteiger partial charge >= 0.3 is 5.97 Å². The summed E-state index contributed by atoms with van der Waals surface area (Å²) in [5.41, 5.74) is 6.09. The van der Waals surface area contributed by atoms with Crippen LogP contribution in [0.1, 0.15) is 30.9 Å². The van der Waals surface area contributed by atoms with Crippen molar-refractivity contribution in [3.8, 4) is 0 Å². The molecule has 0 aliphatic carbocycles. The number of halogens is 2. The normalized spacial score (nSPS) is 12.4. The summed E-state index contributed by atoms with van der Waals surface area (Å²) in [6.45, 7) is 0. The van der Waals surface area contributed by atoms with E-state index < -0.39 is 17.8 Å². The van der Waals surface area contributed by atoms with Gasteiger partial charge in [0.25, 0.3) is 0 Å². The number of carboxylic acid groups (broad SMARTS) is 1. The molecule has 0 fully saturated rings. The second kappa shape index (κ2) is 5.82. The number of rotatable bonds is 5. The molecule has 0 aliphatic rings. The Hall–Kier alpha value is -1.13. The first-order valence-electron chi connectivity index (χ1n) is 4.93. The minimum Gasteiger partial charge on any atom is -0.481 e. The van der Waals surface area contributed by atoms with E-state index in [0.29, 0.717) is 23.4 Å². The highest BCUT2D eigenvalue weighted by Gasteiger charge is 2.12. The Morgan fingerprint density at radius 3 is 2.88 bits per heavy atom. The lowest BCUT2D eigenvalue weighted by Gasteiger charge is -2.12. The summed E-state index contributed by atoms with van der Waals surface area (Å²) in [6.07, 6.45) is 0.877. The number of hydrogen-bond donors (Lipinski definition) is 2. The fraction of sp³-hybridized carbons (Fsp3) is 0.364. The van der Waals surface area contributed by atoms with E-state index in [1.165, 1.54) is 18.2 Å². The molecule has 0 heterocycles. The van der Waals surface area contributed by atoms with E-state index in [2.05, 4.69) is 0 Å². The first-order valence-corrected chi connectivity index (χ1v) is 5.31. The minimum atomic E-state index is -0.876. The van der Waals surface area contributed by atoms with Crippen LogP contribution < -0.4 is 5.73 Å². The molecule has 1 aromatic carbocycles. The quantitative estimate of drug-likeness (QED) is 0.838. The Morgan fingerprint density at radius 1 is 1.56 bits per heavy atom. The largest absolute Gasteiger partial charge is 0.481 e. The highest BCUT2D eigenvalue weighted by atomic mass is 35.5. The zero-order chi connectivity index (χ0) is 12.1. The van der Waals surface area contributed by atoms with Gasteiger partial charge in [-0.05, 0) is 31.0 Å². The van der Waals surface area contributed by atoms with Gasteiger partial charge in [-0.3, -0.25) is 4.79 Å². The number of carboxylic acids is 1. The Balaban J connectivity index is 2.61. The molecule has 88 valence electrons. The van der Waals surface area contributed by atoms with Crippen molar-refractivity contribution >= 4 is 17.6 Å². The van der Waals surface area contributed by atoms with Gasteiger partial charge < -0.3 is 10.8 Å². The topological polar surface area (TPSA) is 63.3 Å². The van der Waals surface area contributed by atoms with E-state index >= 15 is 0 Å². The van der Waals surface area contributed by atoms with Crippen molar-refractivity contribution in [2.45, 2.75) is 25.3 Å². The SMILES string of the molecule is NC(CCCC(=O)O)c1cc(Cl)ccc1F. The van der Waals surface area contributed by atoms with E-state index in [0.717, 1.165) is 0 Å². The highest BCUT2D eigenvalue weighted by Crippen LogP contribution is 2.23. The van der Waals surface area contributed by atoms with E-state index in [4.69, 9.17) is 22.4 Å². The summed E-state index contributed by atoms with van der Waals surface area (Å²) < 4.78 is 13.4. The molecule has 0 radical (unpaired) electrons. The lowest BCUT2D eigenvalue weighted by Crippen LogP contribution is -2.12. The lowest BCUT2D eigenvalue weighted by molar-refractivity contribution is -0.137. The zero-order valence-corrected chi connectivity index (χ0v) is 9.38. The van der Waals surface area contributed by atoms with Crippen LogP contribution in [0.2, 0.25) is 5.02 Å². The van der Waals surface area contributed by atoms with Crippen LogP contribution in [0.25, 0.3) is 0 Å². The Morgan fingerprint density at radius 2 is 2.25 bits per heavy atom. The van der Waals surface area contributed by atoms with Gasteiger partial charge in [-0.2, -0.15) is 0 Å². The Labute approximate surface area is 98.0 Å². The van der Waals surface area contributed by atoms with Gasteiger partial charge in [0.1, 0.15) is 5.82 Å². The zero-order valence-electron chi connectivity index (χ0n) is 8.62. The molecule has 3 nitrogen and oxygen atoms in total. The van der Waals surface area contributed by atoms with Crippen LogP contribution in [0, 0.1) is 5.82 Å². The third-order valence-electron chi connectivity index (χ3n) is 2.26. The predicted molar refractivity (Wildman–Crippen MR) is 59.8 cm³/mol. The van der Waals surface area contributed by atoms with Crippen LogP contribution in [0.3, 0.4) is 0 Å². The number of hydrogen-bond acceptors (Lipinski definition) is 2. The first-order chi connectivity index (χ1) is 7.50. The summed E-state index contributed by atoms with van der Waals surface area (Å²) in [5, 5.41) is 8.88. The Bertz CT molecular complexity index is 384. The van der Waals surface area contributed by atoms with E-state index in [1.54, 1.807) is 0 Å². The molecule has 1 atom stereocenters. The van der Waals surface area contributed by atoms with Crippen LogP contribution in [0.15, 0.2) is 18.2 Å². The van der Waals surface area contributed by atoms with Crippen molar-refractivity contribution in [2.24, 2.45) is 5.73 Å². The molecule has 0 spiro atoms. The molecule has 1 rings (SSSR count). The number of nitrogens with two attached hydrogens (primary N) is 1. The van der Waals surface area contributed by atoms with Gasteiger partial charge in [0.2, 0.25) is 0 Å². The van der Waals surface area contributed by atoms with Crippen LogP contribution in [-0.4, -0.2) is 11.1 Å². The second-order valence-electron chi connectivity index (χ2n) is 3.56. The monoisotopic (exact) mass is 245 g/mol. The second-order valence-corrected chi connectivity index (χ2v) is 3.99. The number of aliphatic carboxylic acids is 1. The fourth-order valence-electron chi connectivity index (χ4n) is 1.43. The van der Waals surface area contributed by atoms with Crippen molar-refractivity contribution in [1.29, 1.82) is 0 Å². The van der Waals surface area contributed by atoms with Gasteiger partial charge in [0.05, 0.1) is 0 Å². The molecule has 0 amide bonds. The van der Waals surface area contributed by atoms with Gasteiger partial charge in [-0.1, -0.05) is 11.6 Å². The van der Waals surface area contributed by atoms with Gasteiger partial charge in [-0.15, -0.1) is 0 Å². The average molecular weight is 246 g/mol. The summed E-state index contributed by atoms with van der Waals surface area (Å²) in [7, 11) is 0. The van der Waals surface area contributed by atoms with Gasteiger partial charge in [0, 0.05) is 23.0 Å². The standard InChI is InChI=1S/C11H13ClFNO2/c12-7-4-5-9(13)8(6-7)10(14)2-1-3-11(15)16/h4-6,10H,1-3,14H2,(H,15,16). The fourth-order valence-corrected chi connectivity index (χ4v) is 1.61. The summed E-state index contributed by atoms with van der Waals surface area (Å²) in [4.78, 5) is 10.3. The molecule has 1 unspecified atom stereocenters. The first kappa shape index (κ1) is 12.9. The van der Waals surface area contributed by atoms with Crippen molar-refractivity contribution in [1.82, 2.24) is 0 Å².